The van der Waals surface area contributed by atoms with Crippen molar-refractivity contribution >= 4 is 23.9 Å². The maximum Gasteiger partial charge on any atom is 0.329 e. The number of carboxylic acid groups (broad SMARTS) is 1. The molecule has 0 saturated heterocycles. The summed E-state index contributed by atoms with van der Waals surface area (Å²) in [5, 5.41) is 17.9. The molecule has 224 valence electrons. The summed E-state index contributed by atoms with van der Waals surface area (Å²) >= 11 is 0. The molecule has 0 fully saturated rings. The molecule has 0 aliphatic heterocycles. The first-order chi connectivity index (χ1) is 19.1. The van der Waals surface area contributed by atoms with Gasteiger partial charge in [0.25, 0.3) is 0 Å². The fourth-order valence-electron chi connectivity index (χ4n) is 3.72. The number of carbonyl (C=O) groups excluding carboxylic acids is 3. The lowest BCUT2D eigenvalue weighted by molar-refractivity contribution is -0.158. The van der Waals surface area contributed by atoms with Crippen molar-refractivity contribution in [3.63, 3.8) is 0 Å². The van der Waals surface area contributed by atoms with Crippen molar-refractivity contribution in [1.82, 2.24) is 25.9 Å². The first-order valence-electron chi connectivity index (χ1n) is 13.4. The molecule has 0 aliphatic carbocycles. The molecular formula is C29H41N5O7. The van der Waals surface area contributed by atoms with Crippen LogP contribution in [0.4, 0.5) is 4.79 Å². The third kappa shape index (κ3) is 12.8. The Morgan fingerprint density at radius 2 is 1.34 bits per heavy atom. The summed E-state index contributed by atoms with van der Waals surface area (Å²) in [6.07, 6.45) is 3.09. The van der Waals surface area contributed by atoms with Gasteiger partial charge in [0.15, 0.2) is 0 Å². The average molecular weight is 572 g/mol. The van der Waals surface area contributed by atoms with Gasteiger partial charge in [-0.15, -0.1) is 0 Å². The maximum atomic E-state index is 12.8. The van der Waals surface area contributed by atoms with Crippen molar-refractivity contribution in [3.8, 4) is 0 Å². The van der Waals surface area contributed by atoms with Crippen LogP contribution >= 0.6 is 0 Å². The van der Waals surface area contributed by atoms with Crippen molar-refractivity contribution in [2.24, 2.45) is 0 Å². The van der Waals surface area contributed by atoms with E-state index < -0.39 is 53.3 Å². The highest BCUT2D eigenvalue weighted by Crippen LogP contribution is 2.18. The number of pyridine rings is 2. The van der Waals surface area contributed by atoms with Gasteiger partial charge in [-0.3, -0.25) is 14.8 Å². The minimum Gasteiger partial charge on any atom is -0.480 e. The van der Waals surface area contributed by atoms with Crippen molar-refractivity contribution in [1.29, 1.82) is 0 Å². The number of nitrogens with one attached hydrogen (secondary N) is 3. The number of urea groups is 1. The lowest BCUT2D eigenvalue weighted by atomic mass is 10.1. The predicted molar refractivity (Wildman–Crippen MR) is 151 cm³/mol. The monoisotopic (exact) mass is 571 g/mol. The molecule has 0 aliphatic rings. The Labute approximate surface area is 240 Å². The molecule has 0 spiro atoms. The Bertz CT molecular complexity index is 1110. The molecule has 2 aromatic heterocycles. The Kier molecular flexibility index (Phi) is 12.2. The van der Waals surface area contributed by atoms with E-state index in [4.69, 9.17) is 9.47 Å². The summed E-state index contributed by atoms with van der Waals surface area (Å²) in [6.45, 7) is 10.4. The molecule has 12 heteroatoms. The zero-order chi connectivity index (χ0) is 30.6. The third-order valence-corrected chi connectivity index (χ3v) is 5.41. The Morgan fingerprint density at radius 1 is 0.805 bits per heavy atom. The van der Waals surface area contributed by atoms with E-state index in [0.29, 0.717) is 11.4 Å². The first kappa shape index (κ1) is 33.1. The third-order valence-electron chi connectivity index (χ3n) is 5.41. The van der Waals surface area contributed by atoms with E-state index >= 15 is 0 Å². The topological polar surface area (TPSA) is 169 Å². The van der Waals surface area contributed by atoms with Crippen LogP contribution in [-0.4, -0.2) is 68.8 Å². The zero-order valence-corrected chi connectivity index (χ0v) is 24.5. The molecule has 0 aromatic carbocycles. The molecule has 2 rings (SSSR count). The van der Waals surface area contributed by atoms with Crippen molar-refractivity contribution in [3.05, 3.63) is 60.2 Å². The van der Waals surface area contributed by atoms with E-state index in [2.05, 4.69) is 25.9 Å². The van der Waals surface area contributed by atoms with Crippen LogP contribution in [0.25, 0.3) is 0 Å². The van der Waals surface area contributed by atoms with Crippen molar-refractivity contribution in [2.45, 2.75) is 90.1 Å². The van der Waals surface area contributed by atoms with Gasteiger partial charge in [-0.2, -0.15) is 0 Å². The van der Waals surface area contributed by atoms with Crippen LogP contribution in [0.5, 0.6) is 0 Å². The SMILES string of the molecule is CC(C)(C)OC(=O)CCC(NC(=O)NC(CCNC(c1ccccn1)c1ccccn1)C(=O)O)C(=O)OC(C)(C)C. The molecule has 0 radical (unpaired) electrons. The van der Waals surface area contributed by atoms with Gasteiger partial charge in [-0.25, -0.2) is 14.4 Å². The van der Waals surface area contributed by atoms with Gasteiger partial charge in [0.1, 0.15) is 23.3 Å². The van der Waals surface area contributed by atoms with Crippen LogP contribution in [0.2, 0.25) is 0 Å². The second-order valence-corrected chi connectivity index (χ2v) is 11.4. The van der Waals surface area contributed by atoms with Crippen LogP contribution in [0.15, 0.2) is 48.8 Å². The maximum absolute atomic E-state index is 12.8. The fourth-order valence-corrected chi connectivity index (χ4v) is 3.72. The second-order valence-electron chi connectivity index (χ2n) is 11.4. The predicted octanol–water partition coefficient (Wildman–Crippen LogP) is 3.13. The number of hydrogen-bond donors (Lipinski definition) is 4. The van der Waals surface area contributed by atoms with E-state index in [1.54, 1.807) is 66.1 Å². The number of aromatic nitrogens is 2. The molecule has 2 amide bonds. The molecule has 0 bridgehead atoms. The van der Waals surface area contributed by atoms with E-state index in [9.17, 15) is 24.3 Å². The van der Waals surface area contributed by atoms with Gasteiger partial charge in [0, 0.05) is 18.8 Å². The molecule has 2 heterocycles. The van der Waals surface area contributed by atoms with E-state index in [1.807, 2.05) is 24.3 Å². The number of nitrogens with zero attached hydrogens (tertiary/aromatic N) is 2. The molecular weight excluding hydrogens is 530 g/mol. The lowest BCUT2D eigenvalue weighted by Crippen LogP contribution is -2.52. The number of aliphatic carboxylic acids is 1. The minimum atomic E-state index is -1.28. The average Bonchev–Trinajstić information content (AvgIpc) is 2.87. The quantitative estimate of drug-likeness (QED) is 0.262. The van der Waals surface area contributed by atoms with Crippen molar-refractivity contribution < 1.29 is 33.8 Å². The Hall–Kier alpha value is -4.06. The molecule has 2 atom stereocenters. The highest BCUT2D eigenvalue weighted by Gasteiger charge is 2.30. The van der Waals surface area contributed by atoms with Crippen LogP contribution in [0.3, 0.4) is 0 Å². The van der Waals surface area contributed by atoms with Gasteiger partial charge in [-0.05, 0) is 85.2 Å². The molecule has 2 unspecified atom stereocenters. The molecule has 4 N–H and O–H groups in total. The number of carbonyl (C=O) groups is 4. The zero-order valence-electron chi connectivity index (χ0n) is 24.5. The summed E-state index contributed by atoms with van der Waals surface area (Å²) in [5.74, 6) is -2.55. The van der Waals surface area contributed by atoms with Gasteiger partial charge >= 0.3 is 23.9 Å². The van der Waals surface area contributed by atoms with Crippen LogP contribution in [0.1, 0.15) is 78.2 Å². The molecule has 0 saturated carbocycles. The highest BCUT2D eigenvalue weighted by molar-refractivity contribution is 5.87. The molecule has 41 heavy (non-hydrogen) atoms. The normalized spacial score (nSPS) is 13.1. The number of esters is 2. The minimum absolute atomic E-state index is 0.0218. The van der Waals surface area contributed by atoms with Crippen LogP contribution in [0, 0.1) is 0 Å². The van der Waals surface area contributed by atoms with Gasteiger partial charge in [0.05, 0.1) is 17.4 Å². The lowest BCUT2D eigenvalue weighted by Gasteiger charge is -2.26. The Balaban J connectivity index is 2.04. The number of rotatable bonds is 13. The van der Waals surface area contributed by atoms with Crippen molar-refractivity contribution in [2.75, 3.05) is 6.54 Å². The van der Waals surface area contributed by atoms with Gasteiger partial charge in [-0.1, -0.05) is 12.1 Å². The van der Waals surface area contributed by atoms with E-state index in [0.717, 1.165) is 0 Å². The summed E-state index contributed by atoms with van der Waals surface area (Å²) in [7, 11) is 0. The largest absolute Gasteiger partial charge is 0.480 e. The van der Waals surface area contributed by atoms with E-state index in [1.165, 1.54) is 0 Å². The Morgan fingerprint density at radius 3 is 1.80 bits per heavy atom. The number of hydrogen-bond acceptors (Lipinski definition) is 9. The number of carboxylic acids is 1. The smallest absolute Gasteiger partial charge is 0.329 e. The van der Waals surface area contributed by atoms with Gasteiger partial charge < -0.3 is 30.5 Å². The standard InChI is InChI=1S/C29H41N5O7/c1-28(2,3)40-23(35)14-13-22(26(38)41-29(4,5)6)34-27(39)33-21(25(36)37)15-18-32-24(19-11-7-9-16-30-19)20-12-8-10-17-31-20/h7-12,16-17,21-22,24,32H,13-15,18H2,1-6H3,(H,36,37)(H2,33,34,39). The molecule has 12 nitrogen and oxygen atoms in total. The number of ether oxygens (including phenoxy) is 2. The fraction of sp³-hybridized carbons (Fsp3) is 0.517. The summed E-state index contributed by atoms with van der Waals surface area (Å²) in [6, 6.07) is 7.18. The molecule has 2 aromatic rings. The highest BCUT2D eigenvalue weighted by atomic mass is 16.6. The summed E-state index contributed by atoms with van der Waals surface area (Å²) in [4.78, 5) is 58.5. The van der Waals surface area contributed by atoms with E-state index in [-0.39, 0.29) is 25.8 Å². The number of amides is 2. The first-order valence-corrected chi connectivity index (χ1v) is 13.4. The second kappa shape index (κ2) is 15.1. The van der Waals surface area contributed by atoms with Gasteiger partial charge in [0.2, 0.25) is 0 Å². The summed E-state index contributed by atoms with van der Waals surface area (Å²) < 4.78 is 10.7. The summed E-state index contributed by atoms with van der Waals surface area (Å²) in [5.41, 5.74) is -0.145. The van der Waals surface area contributed by atoms with Crippen LogP contribution in [-0.2, 0) is 23.9 Å². The van der Waals surface area contributed by atoms with Crippen LogP contribution < -0.4 is 16.0 Å².